The second-order valence-corrected chi connectivity index (χ2v) is 2.78. The van der Waals surface area contributed by atoms with Gasteiger partial charge in [0.05, 0.1) is 0 Å². The molecule has 1 N–H and O–H groups in total. The van der Waals surface area contributed by atoms with Crippen LogP contribution in [0.25, 0.3) is 0 Å². The standard InChI is InChI=1S/C6H10N2S.HI/c1-3-8-5(2)4-9-6(8)7;/h4,7H,3H2,1-2H3;1H. The van der Waals surface area contributed by atoms with Gasteiger partial charge in [-0.25, -0.2) is 0 Å². The molecular weight excluding hydrogens is 259 g/mol. The molecule has 0 atom stereocenters. The molecule has 0 aliphatic heterocycles. The van der Waals surface area contributed by atoms with Crippen molar-refractivity contribution in [3.8, 4) is 0 Å². The van der Waals surface area contributed by atoms with E-state index >= 15 is 0 Å². The van der Waals surface area contributed by atoms with Crippen molar-refractivity contribution in [1.29, 1.82) is 5.41 Å². The molecule has 1 rings (SSSR count). The van der Waals surface area contributed by atoms with Gasteiger partial charge in [-0.05, 0) is 13.8 Å². The fraction of sp³-hybridized carbons (Fsp3) is 0.500. The number of nitrogens with zero attached hydrogens (tertiary/aromatic N) is 1. The van der Waals surface area contributed by atoms with Crippen LogP contribution in [0.5, 0.6) is 0 Å². The van der Waals surface area contributed by atoms with Gasteiger partial charge in [-0.1, -0.05) is 0 Å². The second kappa shape index (κ2) is 4.12. The topological polar surface area (TPSA) is 28.8 Å². The molecule has 0 aliphatic carbocycles. The summed E-state index contributed by atoms with van der Waals surface area (Å²) in [5, 5.41) is 9.38. The van der Waals surface area contributed by atoms with Gasteiger partial charge >= 0.3 is 0 Å². The fourth-order valence-electron chi connectivity index (χ4n) is 0.822. The van der Waals surface area contributed by atoms with Gasteiger partial charge in [0.2, 0.25) is 0 Å². The summed E-state index contributed by atoms with van der Waals surface area (Å²) in [6, 6.07) is 0. The Labute approximate surface area is 81.4 Å². The second-order valence-electron chi connectivity index (χ2n) is 1.93. The van der Waals surface area contributed by atoms with Crippen LogP contribution in [0.4, 0.5) is 0 Å². The van der Waals surface area contributed by atoms with Crippen LogP contribution in [0.15, 0.2) is 5.38 Å². The van der Waals surface area contributed by atoms with Gasteiger partial charge in [-0.2, -0.15) is 0 Å². The third kappa shape index (κ3) is 1.82. The molecule has 0 radical (unpaired) electrons. The van der Waals surface area contributed by atoms with Crippen LogP contribution < -0.4 is 4.80 Å². The summed E-state index contributed by atoms with van der Waals surface area (Å²) in [4.78, 5) is 0.648. The van der Waals surface area contributed by atoms with E-state index in [1.165, 1.54) is 17.0 Å². The van der Waals surface area contributed by atoms with Crippen molar-refractivity contribution < 1.29 is 0 Å². The molecule has 0 fully saturated rings. The van der Waals surface area contributed by atoms with Crippen LogP contribution in [-0.2, 0) is 6.54 Å². The molecule has 0 unspecified atom stereocenters. The van der Waals surface area contributed by atoms with Gasteiger partial charge < -0.3 is 4.57 Å². The zero-order chi connectivity index (χ0) is 6.85. The number of nitrogens with one attached hydrogen (secondary N) is 1. The average Bonchev–Trinajstić information content (AvgIpc) is 2.12. The Balaban J connectivity index is 0.000000810. The number of hydrogen-bond donors (Lipinski definition) is 1. The first-order valence-electron chi connectivity index (χ1n) is 2.95. The number of aryl methyl sites for hydroxylation is 1. The third-order valence-electron chi connectivity index (χ3n) is 1.33. The lowest BCUT2D eigenvalue weighted by Gasteiger charge is -1.96. The van der Waals surface area contributed by atoms with Gasteiger partial charge in [0, 0.05) is 17.6 Å². The molecule has 0 saturated heterocycles. The van der Waals surface area contributed by atoms with Crippen LogP contribution in [0.3, 0.4) is 0 Å². The van der Waals surface area contributed by atoms with Crippen molar-refractivity contribution in [3.63, 3.8) is 0 Å². The Hall–Kier alpha value is 0.160. The molecule has 0 bridgehead atoms. The Morgan fingerprint density at radius 3 is 2.50 bits per heavy atom. The molecule has 0 aromatic carbocycles. The highest BCUT2D eigenvalue weighted by molar-refractivity contribution is 14.0. The van der Waals surface area contributed by atoms with E-state index in [1.807, 2.05) is 16.9 Å². The predicted octanol–water partition coefficient (Wildman–Crippen LogP) is 1.98. The molecule has 58 valence electrons. The lowest BCUT2D eigenvalue weighted by molar-refractivity contribution is 0.704. The predicted molar refractivity (Wildman–Crippen MR) is 54.0 cm³/mol. The molecular formula is C6H11IN2S. The molecule has 0 spiro atoms. The van der Waals surface area contributed by atoms with E-state index in [2.05, 4.69) is 6.92 Å². The first-order chi connectivity index (χ1) is 4.25. The Morgan fingerprint density at radius 1 is 1.70 bits per heavy atom. The highest BCUT2D eigenvalue weighted by Gasteiger charge is 1.93. The molecule has 4 heteroatoms. The first-order valence-corrected chi connectivity index (χ1v) is 3.83. The zero-order valence-electron chi connectivity index (χ0n) is 6.05. The maximum Gasteiger partial charge on any atom is 0.182 e. The van der Waals surface area contributed by atoms with Gasteiger partial charge in [0.25, 0.3) is 0 Å². The smallest absolute Gasteiger partial charge is 0.182 e. The van der Waals surface area contributed by atoms with E-state index in [-0.39, 0.29) is 24.0 Å². The molecule has 10 heavy (non-hydrogen) atoms. The van der Waals surface area contributed by atoms with Crippen LogP contribution in [0, 0.1) is 12.3 Å². The van der Waals surface area contributed by atoms with E-state index in [4.69, 9.17) is 5.41 Å². The molecule has 2 nitrogen and oxygen atoms in total. The highest BCUT2D eigenvalue weighted by Crippen LogP contribution is 1.97. The minimum absolute atomic E-state index is 0. The summed E-state index contributed by atoms with van der Waals surface area (Å²) in [5.41, 5.74) is 1.19. The lowest BCUT2D eigenvalue weighted by Crippen LogP contribution is -2.12. The summed E-state index contributed by atoms with van der Waals surface area (Å²) < 4.78 is 1.98. The number of rotatable bonds is 1. The summed E-state index contributed by atoms with van der Waals surface area (Å²) in [7, 11) is 0. The highest BCUT2D eigenvalue weighted by atomic mass is 127. The Kier molecular flexibility index (Phi) is 4.19. The van der Waals surface area contributed by atoms with Crippen molar-refractivity contribution in [3.05, 3.63) is 15.9 Å². The van der Waals surface area contributed by atoms with E-state index in [0.29, 0.717) is 4.80 Å². The number of hydrogen-bond acceptors (Lipinski definition) is 2. The van der Waals surface area contributed by atoms with E-state index in [9.17, 15) is 0 Å². The van der Waals surface area contributed by atoms with Crippen molar-refractivity contribution in [1.82, 2.24) is 4.57 Å². The molecule has 1 aromatic rings. The maximum atomic E-state index is 7.37. The van der Waals surface area contributed by atoms with Crippen molar-refractivity contribution in [2.24, 2.45) is 0 Å². The fourth-order valence-corrected chi connectivity index (χ4v) is 1.63. The van der Waals surface area contributed by atoms with Crippen molar-refractivity contribution in [2.75, 3.05) is 0 Å². The summed E-state index contributed by atoms with van der Waals surface area (Å²) in [6.45, 7) is 4.99. The number of aromatic nitrogens is 1. The Morgan fingerprint density at radius 2 is 2.30 bits per heavy atom. The third-order valence-corrected chi connectivity index (χ3v) is 2.23. The zero-order valence-corrected chi connectivity index (χ0v) is 9.20. The molecule has 0 saturated carbocycles. The minimum Gasteiger partial charge on any atom is -0.322 e. The minimum atomic E-state index is 0. The monoisotopic (exact) mass is 270 g/mol. The van der Waals surface area contributed by atoms with Crippen LogP contribution in [0.1, 0.15) is 12.6 Å². The first kappa shape index (κ1) is 10.2. The quantitative estimate of drug-likeness (QED) is 0.756. The lowest BCUT2D eigenvalue weighted by atomic mass is 10.5. The number of halogens is 1. The van der Waals surface area contributed by atoms with Crippen molar-refractivity contribution in [2.45, 2.75) is 20.4 Å². The van der Waals surface area contributed by atoms with Crippen LogP contribution in [0.2, 0.25) is 0 Å². The maximum absolute atomic E-state index is 7.37. The van der Waals surface area contributed by atoms with E-state index in [1.54, 1.807) is 0 Å². The van der Waals surface area contributed by atoms with Gasteiger partial charge in [0.15, 0.2) is 4.80 Å². The molecule has 1 aromatic heterocycles. The number of thiazole rings is 1. The molecule has 0 aliphatic rings. The molecule has 1 heterocycles. The van der Waals surface area contributed by atoms with Gasteiger partial charge in [0.1, 0.15) is 0 Å². The normalized spacial score (nSPS) is 9.00. The summed E-state index contributed by atoms with van der Waals surface area (Å²) in [5.74, 6) is 0. The van der Waals surface area contributed by atoms with Crippen LogP contribution >= 0.6 is 35.3 Å². The van der Waals surface area contributed by atoms with E-state index < -0.39 is 0 Å². The SMILES string of the molecule is CCn1c(C)csc1=N.I. The van der Waals surface area contributed by atoms with E-state index in [0.717, 1.165) is 6.54 Å². The Bertz CT molecular complexity index is 250. The molecule has 0 amide bonds. The van der Waals surface area contributed by atoms with Crippen LogP contribution in [-0.4, -0.2) is 4.57 Å². The summed E-state index contributed by atoms with van der Waals surface area (Å²) in [6.07, 6.45) is 0. The van der Waals surface area contributed by atoms with Crippen molar-refractivity contribution >= 4 is 35.3 Å². The summed E-state index contributed by atoms with van der Waals surface area (Å²) >= 11 is 1.49. The average molecular weight is 270 g/mol. The largest absolute Gasteiger partial charge is 0.322 e. The van der Waals surface area contributed by atoms with Gasteiger partial charge in [-0.15, -0.1) is 35.3 Å². The van der Waals surface area contributed by atoms with Gasteiger partial charge in [-0.3, -0.25) is 5.41 Å².